The number of halogens is 1. The zero-order valence-electron chi connectivity index (χ0n) is 18.9. The molecule has 1 aromatic heterocycles. The monoisotopic (exact) mass is 457 g/mol. The van der Waals surface area contributed by atoms with E-state index in [1.807, 2.05) is 12.7 Å². The summed E-state index contributed by atoms with van der Waals surface area (Å²) >= 11 is 0. The van der Waals surface area contributed by atoms with Gasteiger partial charge in [0.2, 0.25) is 0 Å². The number of hydrogen-bond acceptors (Lipinski definition) is 4. The quantitative estimate of drug-likeness (QED) is 0.312. The molecule has 0 spiro atoms. The summed E-state index contributed by atoms with van der Waals surface area (Å²) in [5.41, 5.74) is 2.21. The van der Waals surface area contributed by atoms with E-state index in [9.17, 15) is 14.0 Å². The topological polar surface area (TPSA) is 98.2 Å². The summed E-state index contributed by atoms with van der Waals surface area (Å²) in [4.78, 5) is 31.8. The van der Waals surface area contributed by atoms with Gasteiger partial charge in [0.1, 0.15) is 25.3 Å². The van der Waals surface area contributed by atoms with Gasteiger partial charge in [0, 0.05) is 30.4 Å². The zero-order chi connectivity index (χ0) is 24.1. The molecule has 0 aliphatic carbocycles. The van der Waals surface area contributed by atoms with Crippen LogP contribution in [0.25, 0.3) is 0 Å². The SMILES string of the molecule is Bc1ccc(NC(=O)c2cc(F)ccc2NC(=O)c2ccc(C(=N)N3CCCCC3)cc2)nc1. The maximum Gasteiger partial charge on any atom is 0.259 e. The molecule has 3 N–H and O–H groups in total. The molecule has 0 unspecified atom stereocenters. The Morgan fingerprint density at radius 2 is 1.62 bits per heavy atom. The standard InChI is InChI=1S/C25H25BFN5O2/c26-18-8-11-22(29-15-18)31-25(34)20-14-19(27)9-10-21(20)30-24(33)17-6-4-16(5-7-17)23(28)32-12-2-1-3-13-32/h4-11,14-15,28H,1-3,12-13,26H2,(H,30,33)(H,29,31,34). The van der Waals surface area contributed by atoms with Crippen molar-refractivity contribution >= 4 is 42.5 Å². The molecule has 9 heteroatoms. The van der Waals surface area contributed by atoms with E-state index < -0.39 is 17.6 Å². The Balaban J connectivity index is 1.47. The summed E-state index contributed by atoms with van der Waals surface area (Å²) in [6, 6.07) is 13.8. The average molecular weight is 457 g/mol. The molecule has 1 aliphatic heterocycles. The number of likely N-dealkylation sites (tertiary alicyclic amines) is 1. The van der Waals surface area contributed by atoms with Gasteiger partial charge in [-0.2, -0.15) is 0 Å². The van der Waals surface area contributed by atoms with Crippen molar-refractivity contribution in [3.05, 3.63) is 83.3 Å². The van der Waals surface area contributed by atoms with Gasteiger partial charge in [0.05, 0.1) is 11.3 Å². The third-order valence-electron chi connectivity index (χ3n) is 5.72. The molecule has 1 saturated heterocycles. The van der Waals surface area contributed by atoms with Crippen LogP contribution >= 0.6 is 0 Å². The Kier molecular flexibility index (Phi) is 7.01. The number of aromatic nitrogens is 1. The fourth-order valence-electron chi connectivity index (χ4n) is 3.81. The molecular formula is C25H25BFN5O2. The number of anilines is 2. The summed E-state index contributed by atoms with van der Waals surface area (Å²) in [6.07, 6.45) is 4.96. The van der Waals surface area contributed by atoms with Gasteiger partial charge >= 0.3 is 0 Å². The molecule has 4 rings (SSSR count). The smallest absolute Gasteiger partial charge is 0.259 e. The Bertz CT molecular complexity index is 1210. The van der Waals surface area contributed by atoms with E-state index in [1.54, 1.807) is 42.6 Å². The average Bonchev–Trinajstić information content (AvgIpc) is 2.86. The number of pyridine rings is 1. The van der Waals surface area contributed by atoms with Crippen molar-refractivity contribution in [2.24, 2.45) is 0 Å². The fourth-order valence-corrected chi connectivity index (χ4v) is 3.81. The van der Waals surface area contributed by atoms with E-state index in [0.717, 1.165) is 43.0 Å². The summed E-state index contributed by atoms with van der Waals surface area (Å²) < 4.78 is 13.9. The first-order chi connectivity index (χ1) is 16.4. The van der Waals surface area contributed by atoms with E-state index in [2.05, 4.69) is 15.6 Å². The number of amides is 2. The van der Waals surface area contributed by atoms with Gasteiger partial charge in [-0.05, 0) is 55.7 Å². The molecule has 0 saturated carbocycles. The third-order valence-corrected chi connectivity index (χ3v) is 5.72. The van der Waals surface area contributed by atoms with Gasteiger partial charge in [-0.3, -0.25) is 15.0 Å². The van der Waals surface area contributed by atoms with E-state index in [-0.39, 0.29) is 11.3 Å². The largest absolute Gasteiger partial charge is 0.357 e. The molecule has 1 aliphatic rings. The molecule has 3 aromatic rings. The number of benzene rings is 2. The van der Waals surface area contributed by atoms with Gasteiger partial charge in [-0.1, -0.05) is 23.7 Å². The van der Waals surface area contributed by atoms with Crippen molar-refractivity contribution in [2.45, 2.75) is 19.3 Å². The summed E-state index contributed by atoms with van der Waals surface area (Å²) in [7, 11) is 1.88. The van der Waals surface area contributed by atoms with Crippen molar-refractivity contribution in [3.63, 3.8) is 0 Å². The first kappa shape index (κ1) is 23.2. The number of nitrogens with one attached hydrogen (secondary N) is 3. The van der Waals surface area contributed by atoms with Gasteiger partial charge in [0.25, 0.3) is 11.8 Å². The molecule has 2 aromatic carbocycles. The predicted molar refractivity (Wildman–Crippen MR) is 133 cm³/mol. The number of piperidine rings is 1. The molecule has 1 fully saturated rings. The first-order valence-electron chi connectivity index (χ1n) is 11.2. The maximum atomic E-state index is 13.9. The minimum atomic E-state index is -0.597. The van der Waals surface area contributed by atoms with Crippen LogP contribution in [0.4, 0.5) is 15.9 Å². The van der Waals surface area contributed by atoms with Crippen molar-refractivity contribution < 1.29 is 14.0 Å². The molecule has 2 heterocycles. The van der Waals surface area contributed by atoms with Crippen LogP contribution in [-0.2, 0) is 0 Å². The number of carbonyl (C=O) groups is 2. The molecule has 7 nitrogen and oxygen atoms in total. The van der Waals surface area contributed by atoms with Crippen LogP contribution in [0.5, 0.6) is 0 Å². The zero-order valence-corrected chi connectivity index (χ0v) is 18.9. The van der Waals surface area contributed by atoms with Crippen molar-refractivity contribution in [2.75, 3.05) is 23.7 Å². The third kappa shape index (κ3) is 5.48. The van der Waals surface area contributed by atoms with E-state index >= 15 is 0 Å². The van der Waals surface area contributed by atoms with Gasteiger partial charge in [0.15, 0.2) is 0 Å². The van der Waals surface area contributed by atoms with Crippen LogP contribution < -0.4 is 16.1 Å². The lowest BCUT2D eigenvalue weighted by molar-refractivity contribution is 0.102. The molecular weight excluding hydrogens is 432 g/mol. The Labute approximate surface area is 198 Å². The fraction of sp³-hybridized carbons (Fsp3) is 0.200. The van der Waals surface area contributed by atoms with Crippen LogP contribution in [0.15, 0.2) is 60.8 Å². The number of amidine groups is 1. The second-order valence-electron chi connectivity index (χ2n) is 8.29. The van der Waals surface area contributed by atoms with Gasteiger partial charge in [-0.25, -0.2) is 9.37 Å². The van der Waals surface area contributed by atoms with E-state index in [1.165, 1.54) is 18.6 Å². The molecule has 0 bridgehead atoms. The number of hydrogen-bond donors (Lipinski definition) is 3. The normalized spacial score (nSPS) is 13.3. The number of rotatable bonds is 5. The molecule has 172 valence electrons. The van der Waals surface area contributed by atoms with Crippen LogP contribution in [0.2, 0.25) is 0 Å². The second kappa shape index (κ2) is 10.3. The van der Waals surface area contributed by atoms with E-state index in [4.69, 9.17) is 5.41 Å². The Hall–Kier alpha value is -4.01. The van der Waals surface area contributed by atoms with Crippen LogP contribution in [0.3, 0.4) is 0 Å². The summed E-state index contributed by atoms with van der Waals surface area (Å²) in [5, 5.41) is 13.7. The summed E-state index contributed by atoms with van der Waals surface area (Å²) in [5.74, 6) is -0.847. The molecule has 2 amide bonds. The highest BCUT2D eigenvalue weighted by atomic mass is 19.1. The molecule has 0 atom stereocenters. The van der Waals surface area contributed by atoms with Crippen molar-refractivity contribution in [3.8, 4) is 0 Å². The summed E-state index contributed by atoms with van der Waals surface area (Å²) in [6.45, 7) is 1.74. The van der Waals surface area contributed by atoms with Gasteiger partial charge in [-0.15, -0.1) is 0 Å². The number of nitrogens with zero attached hydrogens (tertiary/aromatic N) is 2. The van der Waals surface area contributed by atoms with E-state index in [0.29, 0.717) is 17.2 Å². The second-order valence-corrected chi connectivity index (χ2v) is 8.29. The molecule has 0 radical (unpaired) electrons. The van der Waals surface area contributed by atoms with Gasteiger partial charge < -0.3 is 15.5 Å². The Morgan fingerprint density at radius 1 is 0.912 bits per heavy atom. The van der Waals surface area contributed by atoms with Crippen LogP contribution in [-0.4, -0.2) is 48.5 Å². The lowest BCUT2D eigenvalue weighted by Crippen LogP contribution is -2.35. The van der Waals surface area contributed by atoms with Crippen molar-refractivity contribution in [1.82, 2.24) is 9.88 Å². The Morgan fingerprint density at radius 3 is 2.29 bits per heavy atom. The maximum absolute atomic E-state index is 13.9. The molecule has 34 heavy (non-hydrogen) atoms. The lowest BCUT2D eigenvalue weighted by atomic mass is 9.99. The highest BCUT2D eigenvalue weighted by molar-refractivity contribution is 6.32. The van der Waals surface area contributed by atoms with Crippen LogP contribution in [0.1, 0.15) is 45.5 Å². The first-order valence-corrected chi connectivity index (χ1v) is 11.2. The minimum Gasteiger partial charge on any atom is -0.357 e. The highest BCUT2D eigenvalue weighted by Crippen LogP contribution is 2.20. The van der Waals surface area contributed by atoms with Crippen molar-refractivity contribution in [1.29, 1.82) is 5.41 Å². The predicted octanol–water partition coefficient (Wildman–Crippen LogP) is 2.79. The highest BCUT2D eigenvalue weighted by Gasteiger charge is 2.18. The van der Waals surface area contributed by atoms with Crippen LogP contribution in [0, 0.1) is 11.2 Å². The minimum absolute atomic E-state index is 0.0146. The number of carbonyl (C=O) groups excluding carboxylic acids is 2. The lowest BCUT2D eigenvalue weighted by Gasteiger charge is -2.29.